The van der Waals surface area contributed by atoms with E-state index in [0.717, 1.165) is 18.7 Å². The second-order valence-electron chi connectivity index (χ2n) is 2.83. The van der Waals surface area contributed by atoms with Crippen LogP contribution in [0.5, 0.6) is 0 Å². The van der Waals surface area contributed by atoms with Crippen LogP contribution < -0.4 is 30.1 Å². The van der Waals surface area contributed by atoms with Crippen LogP contribution in [0.1, 0.15) is 20.3 Å². The maximum absolute atomic E-state index is 8.52. The van der Waals surface area contributed by atoms with Crippen LogP contribution >= 0.6 is 0 Å². The molecule has 15 heavy (non-hydrogen) atoms. The van der Waals surface area contributed by atoms with Crippen molar-refractivity contribution in [2.45, 2.75) is 20.3 Å². The van der Waals surface area contributed by atoms with Crippen LogP contribution in [0.25, 0.3) is 5.53 Å². The van der Waals surface area contributed by atoms with Crippen LogP contribution in [0.3, 0.4) is 0 Å². The van der Waals surface area contributed by atoms with Gasteiger partial charge in [0, 0.05) is 18.3 Å². The summed E-state index contributed by atoms with van der Waals surface area (Å²) in [7, 11) is 0. The number of hydrogen-bond donors (Lipinski definition) is 1. The number of hydrogen-bond acceptors (Lipinski definition) is 1. The van der Waals surface area contributed by atoms with E-state index in [1.165, 1.54) is 5.57 Å². The third-order valence-corrected chi connectivity index (χ3v) is 1.84. The molecule has 1 aliphatic carbocycles. The van der Waals surface area contributed by atoms with Crippen molar-refractivity contribution in [2.24, 2.45) is 0 Å². The van der Waals surface area contributed by atoms with Gasteiger partial charge < -0.3 is 35.7 Å². The molecule has 0 heterocycles. The zero-order valence-electron chi connectivity index (χ0n) is 8.93. The van der Waals surface area contributed by atoms with Crippen LogP contribution in [0.15, 0.2) is 23.4 Å². The van der Waals surface area contributed by atoms with E-state index >= 15 is 0 Å². The largest absolute Gasteiger partial charge is 2.00 e. The van der Waals surface area contributed by atoms with E-state index in [2.05, 4.69) is 17.0 Å². The van der Waals surface area contributed by atoms with Crippen LogP contribution in [0.2, 0.25) is 0 Å². The van der Waals surface area contributed by atoms with Gasteiger partial charge in [0.05, 0.1) is 6.42 Å². The first-order valence-corrected chi connectivity index (χ1v) is 4.10. The minimum atomic E-state index is 0. The molecule has 6 heteroatoms. The molecule has 0 unspecified atom stereocenters. The number of halogens is 2. The minimum Gasteiger partial charge on any atom is -1.00 e. The van der Waals surface area contributed by atoms with E-state index in [1.807, 2.05) is 19.1 Å². The predicted octanol–water partition coefficient (Wildman–Crippen LogP) is -4.49. The maximum atomic E-state index is 8.52. The molecule has 0 aliphatic heterocycles. The molecular formula is C9H13Cl2N3Zn. The van der Waals surface area contributed by atoms with Gasteiger partial charge in [0.1, 0.15) is 0 Å². The van der Waals surface area contributed by atoms with Crippen molar-refractivity contribution >= 4 is 5.71 Å². The molecule has 1 aliphatic rings. The maximum Gasteiger partial charge on any atom is 2.00 e. The Morgan fingerprint density at radius 2 is 2.00 bits per heavy atom. The number of allylic oxidation sites excluding steroid dienone is 3. The van der Waals surface area contributed by atoms with Crippen molar-refractivity contribution in [1.82, 2.24) is 5.32 Å². The third-order valence-electron chi connectivity index (χ3n) is 1.84. The Balaban J connectivity index is -0.000000480. The smallest absolute Gasteiger partial charge is 1.00 e. The number of rotatable bonds is 2. The van der Waals surface area contributed by atoms with Crippen molar-refractivity contribution in [1.29, 1.82) is 0 Å². The van der Waals surface area contributed by atoms with Crippen LogP contribution in [-0.4, -0.2) is 17.0 Å². The van der Waals surface area contributed by atoms with Crippen molar-refractivity contribution in [3.63, 3.8) is 0 Å². The SMILES string of the molecule is CCNC1=C(C)CC(=[N+]=[N-])C=C1.[Cl-].[Cl-].[Zn+2]. The van der Waals surface area contributed by atoms with Gasteiger partial charge in [-0.15, -0.1) is 0 Å². The molecule has 0 atom stereocenters. The van der Waals surface area contributed by atoms with Gasteiger partial charge in [-0.05, 0) is 25.5 Å². The van der Waals surface area contributed by atoms with E-state index in [4.69, 9.17) is 5.53 Å². The Hall–Kier alpha value is -0.137. The molecule has 0 saturated carbocycles. The summed E-state index contributed by atoms with van der Waals surface area (Å²) in [6.07, 6.45) is 4.50. The van der Waals surface area contributed by atoms with Gasteiger partial charge in [-0.25, -0.2) is 0 Å². The Labute approximate surface area is 116 Å². The average molecular weight is 300 g/mol. The van der Waals surface area contributed by atoms with E-state index in [1.54, 1.807) is 0 Å². The zero-order chi connectivity index (χ0) is 8.97. The van der Waals surface area contributed by atoms with Crippen molar-refractivity contribution in [3.05, 3.63) is 29.0 Å². The first-order chi connectivity index (χ1) is 5.77. The minimum absolute atomic E-state index is 0. The van der Waals surface area contributed by atoms with Crippen LogP contribution in [0.4, 0.5) is 0 Å². The van der Waals surface area contributed by atoms with E-state index in [0.29, 0.717) is 5.71 Å². The topological polar surface area (TPSA) is 48.4 Å². The van der Waals surface area contributed by atoms with Crippen molar-refractivity contribution in [2.75, 3.05) is 6.54 Å². The molecule has 0 aromatic carbocycles. The summed E-state index contributed by atoms with van der Waals surface area (Å²) in [6, 6.07) is 0. The molecule has 1 N–H and O–H groups in total. The first-order valence-electron chi connectivity index (χ1n) is 4.10. The molecule has 0 aromatic rings. The second kappa shape index (κ2) is 10.4. The summed E-state index contributed by atoms with van der Waals surface area (Å²) in [5, 5.41) is 3.24. The first kappa shape index (κ1) is 20.3. The fourth-order valence-electron chi connectivity index (χ4n) is 1.22. The van der Waals surface area contributed by atoms with Crippen LogP contribution in [0, 0.1) is 0 Å². The quantitative estimate of drug-likeness (QED) is 0.312. The monoisotopic (exact) mass is 297 g/mol. The molecule has 0 bridgehead atoms. The predicted molar refractivity (Wildman–Crippen MR) is 48.8 cm³/mol. The van der Waals surface area contributed by atoms with E-state index in [-0.39, 0.29) is 44.3 Å². The average Bonchev–Trinajstić information content (AvgIpc) is 2.09. The Bertz CT molecular complexity index is 294. The number of nitrogens with zero attached hydrogens (tertiary/aromatic N) is 2. The molecule has 0 aromatic heterocycles. The van der Waals surface area contributed by atoms with Crippen molar-refractivity contribution in [3.8, 4) is 0 Å². The molecule has 0 fully saturated rings. The molecule has 0 radical (unpaired) electrons. The number of nitrogens with one attached hydrogen (secondary N) is 1. The van der Waals surface area contributed by atoms with Gasteiger partial charge in [0.25, 0.3) is 5.71 Å². The summed E-state index contributed by atoms with van der Waals surface area (Å²) in [6.45, 7) is 5.01. The van der Waals surface area contributed by atoms with Gasteiger partial charge in [-0.3, -0.25) is 0 Å². The molecule has 80 valence electrons. The van der Waals surface area contributed by atoms with Gasteiger partial charge in [0.2, 0.25) is 0 Å². The molecular weight excluding hydrogens is 286 g/mol. The van der Waals surface area contributed by atoms with Gasteiger partial charge in [-0.2, -0.15) is 4.79 Å². The molecule has 3 nitrogen and oxygen atoms in total. The van der Waals surface area contributed by atoms with E-state index < -0.39 is 0 Å². The standard InChI is InChI=1S/C9H13N3.2ClH.Zn/c1-3-11-9-5-4-8(12-10)6-7(9)2;;;/h4-5,11H,3,6H2,1-2H3;2*1H;/q;;;+2/p-2. The molecule has 0 saturated heterocycles. The fraction of sp³-hybridized carbons (Fsp3) is 0.444. The van der Waals surface area contributed by atoms with E-state index in [9.17, 15) is 0 Å². The van der Waals surface area contributed by atoms with Gasteiger partial charge in [-0.1, -0.05) is 0 Å². The Morgan fingerprint density at radius 3 is 2.40 bits per heavy atom. The summed E-state index contributed by atoms with van der Waals surface area (Å²) < 4.78 is 0. The summed E-state index contributed by atoms with van der Waals surface area (Å²) in [5.41, 5.74) is 11.6. The Kier molecular flexibility index (Phi) is 14.1. The summed E-state index contributed by atoms with van der Waals surface area (Å²) in [5.74, 6) is 0. The molecule has 0 amide bonds. The van der Waals surface area contributed by atoms with Crippen molar-refractivity contribution < 1.29 is 49.1 Å². The Morgan fingerprint density at radius 1 is 1.40 bits per heavy atom. The second-order valence-corrected chi connectivity index (χ2v) is 2.83. The van der Waals surface area contributed by atoms with Gasteiger partial charge in [0.15, 0.2) is 0 Å². The zero-order valence-corrected chi connectivity index (χ0v) is 13.4. The normalized spacial score (nSPS) is 13.1. The van der Waals surface area contributed by atoms with Crippen LogP contribution in [-0.2, 0) is 19.5 Å². The molecule has 0 spiro atoms. The number of likely N-dealkylation sites (N-methyl/N-ethyl adjacent to an activating group) is 1. The molecule has 1 rings (SSSR count). The fourth-order valence-corrected chi connectivity index (χ4v) is 1.22. The summed E-state index contributed by atoms with van der Waals surface area (Å²) in [4.78, 5) is 3.16. The van der Waals surface area contributed by atoms with Gasteiger partial charge >= 0.3 is 19.5 Å². The third kappa shape index (κ3) is 6.11. The summed E-state index contributed by atoms with van der Waals surface area (Å²) >= 11 is 0.